The Morgan fingerprint density at radius 3 is 1.95 bits per heavy atom. The summed E-state index contributed by atoms with van der Waals surface area (Å²) < 4.78 is 16.9. The van der Waals surface area contributed by atoms with Crippen molar-refractivity contribution in [3.8, 4) is 5.75 Å². The van der Waals surface area contributed by atoms with Gasteiger partial charge in [0.25, 0.3) is 0 Å². The average Bonchev–Trinajstić information content (AvgIpc) is 2.53. The molecule has 1 saturated heterocycles. The normalized spacial score (nSPS) is 27.3. The molecule has 0 N–H and O–H groups in total. The third-order valence-corrected chi connectivity index (χ3v) is 3.89. The molecule has 0 amide bonds. The highest BCUT2D eigenvalue weighted by Crippen LogP contribution is 2.45. The minimum atomic E-state index is -1.02. The minimum Gasteiger partial charge on any atom is -0.497 e. The first kappa shape index (κ1) is 15.0. The molecule has 1 aliphatic heterocycles. The molecule has 20 heavy (non-hydrogen) atoms. The van der Waals surface area contributed by atoms with E-state index in [-0.39, 0.29) is 5.78 Å². The number of hydrogen-bond acceptors (Lipinski definition) is 4. The van der Waals surface area contributed by atoms with E-state index in [1.807, 2.05) is 27.7 Å². The first-order valence-electron chi connectivity index (χ1n) is 6.70. The van der Waals surface area contributed by atoms with Crippen LogP contribution >= 0.6 is 0 Å². The fraction of sp³-hybridized carbons (Fsp3) is 0.562. The van der Waals surface area contributed by atoms with Crippen molar-refractivity contribution in [2.75, 3.05) is 7.11 Å². The molecule has 4 heteroatoms. The van der Waals surface area contributed by atoms with Crippen LogP contribution in [0.5, 0.6) is 5.75 Å². The van der Waals surface area contributed by atoms with Crippen LogP contribution in [0.25, 0.3) is 0 Å². The summed E-state index contributed by atoms with van der Waals surface area (Å²) in [5.74, 6) is -0.147. The van der Waals surface area contributed by atoms with Gasteiger partial charge in [0, 0.05) is 5.56 Å². The Morgan fingerprint density at radius 1 is 1.00 bits per heavy atom. The third-order valence-electron chi connectivity index (χ3n) is 3.89. The highest BCUT2D eigenvalue weighted by molar-refractivity contribution is 6.03. The van der Waals surface area contributed by atoms with Crippen molar-refractivity contribution in [1.82, 2.24) is 0 Å². The molecule has 1 aromatic rings. The van der Waals surface area contributed by atoms with Crippen molar-refractivity contribution < 1.29 is 19.0 Å². The van der Waals surface area contributed by atoms with Gasteiger partial charge < -0.3 is 14.2 Å². The van der Waals surface area contributed by atoms with Gasteiger partial charge in [-0.25, -0.2) is 0 Å². The fourth-order valence-corrected chi connectivity index (χ4v) is 2.68. The second kappa shape index (κ2) is 4.57. The third kappa shape index (κ3) is 2.34. The zero-order valence-electron chi connectivity index (χ0n) is 12.9. The van der Waals surface area contributed by atoms with E-state index in [9.17, 15) is 4.79 Å². The molecule has 0 radical (unpaired) electrons. The molecule has 1 aromatic carbocycles. The Labute approximate surface area is 120 Å². The zero-order valence-corrected chi connectivity index (χ0v) is 12.9. The molecular formula is C16H22O4. The lowest BCUT2D eigenvalue weighted by atomic mass is 9.81. The van der Waals surface area contributed by atoms with Gasteiger partial charge in [-0.2, -0.15) is 0 Å². The molecule has 0 spiro atoms. The number of carbonyl (C=O) groups is 1. The monoisotopic (exact) mass is 278 g/mol. The van der Waals surface area contributed by atoms with Crippen molar-refractivity contribution in [3.63, 3.8) is 0 Å². The first-order chi connectivity index (χ1) is 9.11. The Morgan fingerprint density at radius 2 is 1.55 bits per heavy atom. The number of ether oxygens (including phenoxy) is 3. The van der Waals surface area contributed by atoms with E-state index < -0.39 is 17.0 Å². The summed E-state index contributed by atoms with van der Waals surface area (Å²) in [7, 11) is 1.59. The van der Waals surface area contributed by atoms with Crippen molar-refractivity contribution in [1.29, 1.82) is 0 Å². The van der Waals surface area contributed by atoms with E-state index in [1.54, 1.807) is 38.3 Å². The highest BCUT2D eigenvalue weighted by atomic mass is 16.8. The topological polar surface area (TPSA) is 44.8 Å². The predicted molar refractivity (Wildman–Crippen MR) is 76.1 cm³/mol. The van der Waals surface area contributed by atoms with Crippen LogP contribution in [0.2, 0.25) is 0 Å². The summed E-state index contributed by atoms with van der Waals surface area (Å²) in [4.78, 5) is 12.8. The molecule has 110 valence electrons. The van der Waals surface area contributed by atoms with Crippen LogP contribution < -0.4 is 4.74 Å². The number of rotatable bonds is 3. The molecule has 2 rings (SSSR count). The quantitative estimate of drug-likeness (QED) is 0.796. The van der Waals surface area contributed by atoms with Gasteiger partial charge in [0.15, 0.2) is 17.2 Å². The largest absolute Gasteiger partial charge is 0.497 e. The van der Waals surface area contributed by atoms with Gasteiger partial charge in [-0.05, 0) is 58.9 Å². The van der Waals surface area contributed by atoms with Gasteiger partial charge in [0.2, 0.25) is 0 Å². The Hall–Kier alpha value is -1.39. The van der Waals surface area contributed by atoms with Gasteiger partial charge in [-0.3, -0.25) is 4.79 Å². The summed E-state index contributed by atoms with van der Waals surface area (Å²) in [6.07, 6.45) is 0. The number of methoxy groups -OCH3 is 1. The van der Waals surface area contributed by atoms with Crippen LogP contribution in [0.15, 0.2) is 24.3 Å². The Kier molecular flexibility index (Phi) is 3.43. The van der Waals surface area contributed by atoms with E-state index in [0.29, 0.717) is 5.56 Å². The second-order valence-corrected chi connectivity index (χ2v) is 6.21. The van der Waals surface area contributed by atoms with Gasteiger partial charge in [-0.1, -0.05) is 0 Å². The number of carbonyl (C=O) groups excluding carboxylic acids is 1. The minimum absolute atomic E-state index is 0.0873. The van der Waals surface area contributed by atoms with E-state index in [1.165, 1.54) is 0 Å². The van der Waals surface area contributed by atoms with E-state index in [2.05, 4.69) is 0 Å². The SMILES string of the molecule is COc1ccc(C(=O)C2(C)OC(C)(C)OC2(C)C)cc1. The van der Waals surface area contributed by atoms with Crippen LogP contribution in [0.4, 0.5) is 0 Å². The summed E-state index contributed by atoms with van der Waals surface area (Å²) >= 11 is 0. The average molecular weight is 278 g/mol. The Balaban J connectivity index is 2.36. The zero-order chi connectivity index (χ0) is 15.2. The lowest BCUT2D eigenvalue weighted by molar-refractivity contribution is -0.161. The van der Waals surface area contributed by atoms with Gasteiger partial charge in [-0.15, -0.1) is 0 Å². The lowest BCUT2D eigenvalue weighted by Gasteiger charge is -2.33. The van der Waals surface area contributed by atoms with E-state index >= 15 is 0 Å². The molecule has 1 atom stereocenters. The molecule has 1 fully saturated rings. The van der Waals surface area contributed by atoms with Gasteiger partial charge >= 0.3 is 0 Å². The van der Waals surface area contributed by atoms with Gasteiger partial charge in [0.05, 0.1) is 7.11 Å². The molecular weight excluding hydrogens is 256 g/mol. The highest BCUT2D eigenvalue weighted by Gasteiger charge is 2.60. The van der Waals surface area contributed by atoms with Crippen LogP contribution in [0.1, 0.15) is 45.0 Å². The second-order valence-electron chi connectivity index (χ2n) is 6.21. The lowest BCUT2D eigenvalue weighted by Crippen LogP contribution is -2.51. The number of ketones is 1. The maximum absolute atomic E-state index is 12.8. The number of hydrogen-bond donors (Lipinski definition) is 0. The first-order valence-corrected chi connectivity index (χ1v) is 6.70. The maximum atomic E-state index is 12.8. The molecule has 1 unspecified atom stereocenters. The van der Waals surface area contributed by atoms with Gasteiger partial charge in [0.1, 0.15) is 11.4 Å². The maximum Gasteiger partial charge on any atom is 0.197 e. The molecule has 0 aromatic heterocycles. The summed E-state index contributed by atoms with van der Waals surface area (Å²) in [5.41, 5.74) is -1.14. The summed E-state index contributed by atoms with van der Waals surface area (Å²) in [6.45, 7) is 9.18. The molecule has 1 aliphatic rings. The van der Waals surface area contributed by atoms with Crippen LogP contribution in [-0.2, 0) is 9.47 Å². The van der Waals surface area contributed by atoms with Crippen molar-refractivity contribution in [3.05, 3.63) is 29.8 Å². The van der Waals surface area contributed by atoms with Crippen LogP contribution in [0, 0.1) is 0 Å². The smallest absolute Gasteiger partial charge is 0.197 e. The standard InChI is InChI=1S/C16H22O4/c1-14(2)16(5,20-15(3,4)19-14)13(17)11-7-9-12(18-6)10-8-11/h7-10H,1-6H3. The summed E-state index contributed by atoms with van der Waals surface area (Å²) in [5, 5.41) is 0. The van der Waals surface area contributed by atoms with Crippen LogP contribution in [0.3, 0.4) is 0 Å². The molecule has 0 saturated carbocycles. The molecule has 0 aliphatic carbocycles. The Bertz CT molecular complexity index is 516. The molecule has 0 bridgehead atoms. The summed E-state index contributed by atoms with van der Waals surface area (Å²) in [6, 6.07) is 7.03. The predicted octanol–water partition coefficient (Wildman–Crippen LogP) is 3.20. The number of benzene rings is 1. The van der Waals surface area contributed by atoms with Crippen LogP contribution in [-0.4, -0.2) is 29.9 Å². The van der Waals surface area contributed by atoms with E-state index in [4.69, 9.17) is 14.2 Å². The van der Waals surface area contributed by atoms with Crippen molar-refractivity contribution in [2.24, 2.45) is 0 Å². The molecule has 1 heterocycles. The number of Topliss-reactive ketones (excluding diaryl/α,β-unsaturated/α-hetero) is 1. The van der Waals surface area contributed by atoms with Crippen molar-refractivity contribution in [2.45, 2.75) is 51.6 Å². The fourth-order valence-electron chi connectivity index (χ4n) is 2.68. The molecule has 4 nitrogen and oxygen atoms in total. The van der Waals surface area contributed by atoms with Crippen molar-refractivity contribution >= 4 is 5.78 Å². The van der Waals surface area contributed by atoms with E-state index in [0.717, 1.165) is 5.75 Å².